The first-order chi connectivity index (χ1) is 13.7. The van der Waals surface area contributed by atoms with Crippen LogP contribution >= 0.6 is 0 Å². The van der Waals surface area contributed by atoms with Crippen molar-refractivity contribution in [3.8, 4) is 0 Å². The summed E-state index contributed by atoms with van der Waals surface area (Å²) in [4.78, 5) is 24.3. The number of para-hydroxylation sites is 1. The molecular weight excluding hydrogens is 352 g/mol. The smallest absolute Gasteiger partial charge is 0.262 e. The lowest BCUT2D eigenvalue weighted by atomic mass is 10.0. The zero-order valence-electron chi connectivity index (χ0n) is 16.4. The van der Waals surface area contributed by atoms with Crippen molar-refractivity contribution in [2.75, 3.05) is 49.6 Å². The molecule has 0 saturated carbocycles. The summed E-state index contributed by atoms with van der Waals surface area (Å²) in [5.74, 6) is 0.827. The molecule has 0 aliphatic carbocycles. The summed E-state index contributed by atoms with van der Waals surface area (Å²) in [6.07, 6.45) is 4.69. The highest BCUT2D eigenvalue weighted by Gasteiger charge is 2.30. The fraction of sp³-hybridized carbons (Fsp3) is 0.455. The summed E-state index contributed by atoms with van der Waals surface area (Å²) in [5, 5.41) is 9.16. The molecule has 148 valence electrons. The molecule has 0 radical (unpaired) electrons. The highest BCUT2D eigenvalue weighted by molar-refractivity contribution is 6.10. The maximum Gasteiger partial charge on any atom is 0.262 e. The summed E-state index contributed by atoms with van der Waals surface area (Å²) in [7, 11) is 2.07. The Hall–Kier alpha value is -2.44. The summed E-state index contributed by atoms with van der Waals surface area (Å²) in [5.41, 5.74) is 2.93. The van der Waals surface area contributed by atoms with E-state index in [4.69, 9.17) is 5.11 Å². The number of aliphatic hydroxyl groups is 1. The van der Waals surface area contributed by atoms with E-state index in [1.807, 2.05) is 35.2 Å². The number of carbonyl (C=O) groups is 1. The van der Waals surface area contributed by atoms with E-state index in [2.05, 4.69) is 27.9 Å². The first-order valence-electron chi connectivity index (χ1n) is 10.1. The Bertz CT molecular complexity index is 833. The molecule has 1 aromatic carbocycles. The Kier molecular flexibility index (Phi) is 5.59. The minimum atomic E-state index is 0.0348. The molecule has 2 aromatic rings. The molecule has 1 amide bonds. The van der Waals surface area contributed by atoms with Gasteiger partial charge in [0.05, 0.1) is 12.2 Å². The van der Waals surface area contributed by atoms with Gasteiger partial charge in [0.2, 0.25) is 0 Å². The molecule has 6 nitrogen and oxygen atoms in total. The molecule has 2 aliphatic heterocycles. The third-order valence-electron chi connectivity index (χ3n) is 5.99. The monoisotopic (exact) mass is 380 g/mol. The van der Waals surface area contributed by atoms with Crippen molar-refractivity contribution in [2.24, 2.45) is 0 Å². The number of amides is 1. The number of nitrogens with zero attached hydrogens (tertiary/aromatic N) is 4. The summed E-state index contributed by atoms with van der Waals surface area (Å²) < 4.78 is 0. The number of hydrogen-bond acceptors (Lipinski definition) is 5. The van der Waals surface area contributed by atoms with E-state index in [0.29, 0.717) is 18.2 Å². The van der Waals surface area contributed by atoms with Crippen molar-refractivity contribution >= 4 is 17.4 Å². The van der Waals surface area contributed by atoms with E-state index in [-0.39, 0.29) is 12.5 Å². The van der Waals surface area contributed by atoms with Gasteiger partial charge in [-0.2, -0.15) is 0 Å². The molecule has 3 heterocycles. The number of benzene rings is 1. The molecule has 1 N–H and O–H groups in total. The average Bonchev–Trinajstić information content (AvgIpc) is 3.18. The lowest BCUT2D eigenvalue weighted by Crippen LogP contribution is -2.45. The number of rotatable bonds is 5. The van der Waals surface area contributed by atoms with Gasteiger partial charge < -0.3 is 19.8 Å². The van der Waals surface area contributed by atoms with Gasteiger partial charge in [0.15, 0.2) is 0 Å². The molecule has 28 heavy (non-hydrogen) atoms. The molecule has 1 aromatic heterocycles. The largest absolute Gasteiger partial charge is 0.395 e. The Morgan fingerprint density at radius 3 is 2.75 bits per heavy atom. The van der Waals surface area contributed by atoms with Crippen molar-refractivity contribution in [3.05, 3.63) is 53.7 Å². The molecule has 1 saturated heterocycles. The molecule has 1 fully saturated rings. The Morgan fingerprint density at radius 2 is 1.96 bits per heavy atom. The fourth-order valence-electron chi connectivity index (χ4n) is 4.37. The second-order valence-electron chi connectivity index (χ2n) is 7.63. The molecule has 0 spiro atoms. The normalized spacial score (nSPS) is 17.2. The van der Waals surface area contributed by atoms with E-state index < -0.39 is 0 Å². The van der Waals surface area contributed by atoms with Crippen LogP contribution in [0.15, 0.2) is 42.6 Å². The quantitative estimate of drug-likeness (QED) is 0.862. The van der Waals surface area contributed by atoms with Crippen LogP contribution in [0.4, 0.5) is 11.5 Å². The van der Waals surface area contributed by atoms with Gasteiger partial charge in [-0.1, -0.05) is 18.2 Å². The first-order valence-corrected chi connectivity index (χ1v) is 10.1. The van der Waals surface area contributed by atoms with Gasteiger partial charge in [-0.05, 0) is 50.1 Å². The van der Waals surface area contributed by atoms with Gasteiger partial charge in [-0.25, -0.2) is 4.98 Å². The molecule has 4 rings (SSSR count). The number of likely N-dealkylation sites (N-methyl/N-ethyl adjacent to an activating group) is 1. The predicted molar refractivity (Wildman–Crippen MR) is 111 cm³/mol. The average molecular weight is 380 g/mol. The maximum atomic E-state index is 13.4. The Morgan fingerprint density at radius 1 is 1.18 bits per heavy atom. The number of anilines is 2. The minimum absolute atomic E-state index is 0.0348. The van der Waals surface area contributed by atoms with Crippen molar-refractivity contribution < 1.29 is 9.90 Å². The van der Waals surface area contributed by atoms with Crippen molar-refractivity contribution in [1.29, 1.82) is 0 Å². The molecular formula is C22H28N4O2. The topological polar surface area (TPSA) is 59.9 Å². The van der Waals surface area contributed by atoms with Crippen molar-refractivity contribution in [3.63, 3.8) is 0 Å². The summed E-state index contributed by atoms with van der Waals surface area (Å²) in [6, 6.07) is 12.4. The number of fused-ring (bicyclic) bond motifs is 1. The Balaban J connectivity index is 1.52. The summed E-state index contributed by atoms with van der Waals surface area (Å²) in [6.45, 7) is 3.35. The number of aliphatic hydroxyl groups excluding tert-OH is 1. The molecule has 0 bridgehead atoms. The first kappa shape index (κ1) is 18.9. The molecule has 2 aliphatic rings. The van der Waals surface area contributed by atoms with Crippen LogP contribution in [-0.2, 0) is 6.42 Å². The highest BCUT2D eigenvalue weighted by Crippen LogP contribution is 2.31. The predicted octanol–water partition coefficient (Wildman–Crippen LogP) is 2.18. The SMILES string of the molecule is CN(CCO)C1CCN(c2ncccc2C(=O)N2CCc3ccccc32)CC1. The summed E-state index contributed by atoms with van der Waals surface area (Å²) >= 11 is 0. The zero-order chi connectivity index (χ0) is 19.5. The Labute approximate surface area is 166 Å². The van der Waals surface area contributed by atoms with Crippen LogP contribution in [0.5, 0.6) is 0 Å². The van der Waals surface area contributed by atoms with Crippen LogP contribution in [0.3, 0.4) is 0 Å². The third-order valence-corrected chi connectivity index (χ3v) is 5.99. The standard InChI is InChI=1S/C22H28N4O2/c1-24(15-16-27)18-9-12-25(13-10-18)21-19(6-4-11-23-21)22(28)26-14-8-17-5-2-3-7-20(17)26/h2-7,11,18,27H,8-10,12-16H2,1H3. The maximum absolute atomic E-state index is 13.4. The third kappa shape index (κ3) is 3.62. The van der Waals surface area contributed by atoms with E-state index in [1.54, 1.807) is 6.20 Å². The van der Waals surface area contributed by atoms with Crippen LogP contribution in [0.25, 0.3) is 0 Å². The van der Waals surface area contributed by atoms with E-state index >= 15 is 0 Å². The lowest BCUT2D eigenvalue weighted by Gasteiger charge is -2.37. The fourth-order valence-corrected chi connectivity index (χ4v) is 4.37. The van der Waals surface area contributed by atoms with Gasteiger partial charge in [-0.15, -0.1) is 0 Å². The number of piperidine rings is 1. The number of aromatic nitrogens is 1. The van der Waals surface area contributed by atoms with E-state index in [0.717, 1.165) is 50.4 Å². The number of hydrogen-bond donors (Lipinski definition) is 1. The second kappa shape index (κ2) is 8.29. The van der Waals surface area contributed by atoms with E-state index in [9.17, 15) is 4.79 Å². The van der Waals surface area contributed by atoms with Gasteiger partial charge in [-0.3, -0.25) is 4.79 Å². The van der Waals surface area contributed by atoms with Crippen LogP contribution in [-0.4, -0.2) is 66.8 Å². The van der Waals surface area contributed by atoms with Crippen LogP contribution in [0, 0.1) is 0 Å². The van der Waals surface area contributed by atoms with Crippen LogP contribution in [0.2, 0.25) is 0 Å². The van der Waals surface area contributed by atoms with Gasteiger partial charge in [0.25, 0.3) is 5.91 Å². The molecule has 6 heteroatoms. The highest BCUT2D eigenvalue weighted by atomic mass is 16.3. The van der Waals surface area contributed by atoms with E-state index in [1.165, 1.54) is 5.56 Å². The number of pyridine rings is 1. The second-order valence-corrected chi connectivity index (χ2v) is 7.63. The zero-order valence-corrected chi connectivity index (χ0v) is 16.4. The molecule has 0 unspecified atom stereocenters. The number of carbonyl (C=O) groups excluding carboxylic acids is 1. The minimum Gasteiger partial charge on any atom is -0.395 e. The molecule has 0 atom stereocenters. The van der Waals surface area contributed by atoms with Crippen molar-refractivity contribution in [2.45, 2.75) is 25.3 Å². The van der Waals surface area contributed by atoms with Crippen LogP contribution < -0.4 is 9.80 Å². The van der Waals surface area contributed by atoms with Crippen molar-refractivity contribution in [1.82, 2.24) is 9.88 Å². The lowest BCUT2D eigenvalue weighted by molar-refractivity contribution is 0.0989. The van der Waals surface area contributed by atoms with Gasteiger partial charge >= 0.3 is 0 Å². The van der Waals surface area contributed by atoms with Crippen LogP contribution in [0.1, 0.15) is 28.8 Å². The van der Waals surface area contributed by atoms with Gasteiger partial charge in [0, 0.05) is 44.1 Å². The van der Waals surface area contributed by atoms with Gasteiger partial charge in [0.1, 0.15) is 5.82 Å².